The monoisotopic (exact) mass is 240 g/mol. The van der Waals surface area contributed by atoms with E-state index in [2.05, 4.69) is 55.4 Å². The van der Waals surface area contributed by atoms with Crippen molar-refractivity contribution in [2.24, 2.45) is 35.5 Å². The Hall–Kier alpha value is 0. The fourth-order valence-corrected chi connectivity index (χ4v) is 3.64. The second-order valence-electron chi connectivity index (χ2n) is 6.90. The summed E-state index contributed by atoms with van der Waals surface area (Å²) in [5.41, 5.74) is 0. The molecular formula is C17H36. The molecule has 0 amide bonds. The SMILES string of the molecule is CCCCC(C)C(C)C(C)C(C(C)C)C(C)C. The van der Waals surface area contributed by atoms with Gasteiger partial charge in [0.2, 0.25) is 0 Å². The predicted molar refractivity (Wildman–Crippen MR) is 80.2 cm³/mol. The molecule has 0 fully saturated rings. The minimum atomic E-state index is 0.811. The Bertz CT molecular complexity index is 172. The molecular weight excluding hydrogens is 204 g/mol. The van der Waals surface area contributed by atoms with Crippen LogP contribution in [0.25, 0.3) is 0 Å². The Labute approximate surface area is 111 Å². The molecule has 104 valence electrons. The van der Waals surface area contributed by atoms with Crippen LogP contribution >= 0.6 is 0 Å². The first-order valence-corrected chi connectivity index (χ1v) is 7.82. The summed E-state index contributed by atoms with van der Waals surface area (Å²) in [6.45, 7) is 19.3. The van der Waals surface area contributed by atoms with E-state index < -0.39 is 0 Å². The van der Waals surface area contributed by atoms with E-state index in [9.17, 15) is 0 Å². The summed E-state index contributed by atoms with van der Waals surface area (Å²) < 4.78 is 0. The quantitative estimate of drug-likeness (QED) is 0.487. The molecule has 0 saturated heterocycles. The van der Waals surface area contributed by atoms with Crippen molar-refractivity contribution in [3.63, 3.8) is 0 Å². The van der Waals surface area contributed by atoms with Crippen LogP contribution in [0.15, 0.2) is 0 Å². The van der Waals surface area contributed by atoms with Crippen molar-refractivity contribution in [2.75, 3.05) is 0 Å². The molecule has 0 aliphatic carbocycles. The largest absolute Gasteiger partial charge is 0.0654 e. The van der Waals surface area contributed by atoms with Gasteiger partial charge in [-0.3, -0.25) is 0 Å². The van der Waals surface area contributed by atoms with Crippen LogP contribution in [0.4, 0.5) is 0 Å². The molecule has 0 heteroatoms. The van der Waals surface area contributed by atoms with Crippen LogP contribution in [0.2, 0.25) is 0 Å². The molecule has 0 aliphatic heterocycles. The van der Waals surface area contributed by atoms with Gasteiger partial charge in [0, 0.05) is 0 Å². The maximum atomic E-state index is 2.48. The maximum Gasteiger partial charge on any atom is -0.0340 e. The predicted octanol–water partition coefficient (Wildman–Crippen LogP) is 6.01. The molecule has 0 heterocycles. The van der Waals surface area contributed by atoms with Gasteiger partial charge in [-0.05, 0) is 35.5 Å². The molecule has 0 spiro atoms. The molecule has 17 heavy (non-hydrogen) atoms. The Morgan fingerprint density at radius 1 is 0.706 bits per heavy atom. The minimum absolute atomic E-state index is 0.811. The molecule has 0 aromatic rings. The molecule has 3 unspecified atom stereocenters. The van der Waals surface area contributed by atoms with Gasteiger partial charge in [-0.1, -0.05) is 74.7 Å². The van der Waals surface area contributed by atoms with Gasteiger partial charge >= 0.3 is 0 Å². The zero-order valence-electron chi connectivity index (χ0n) is 13.6. The lowest BCUT2D eigenvalue weighted by atomic mass is 9.68. The molecule has 0 aliphatic rings. The lowest BCUT2D eigenvalue weighted by Gasteiger charge is -2.37. The summed E-state index contributed by atoms with van der Waals surface area (Å²) in [7, 11) is 0. The van der Waals surface area contributed by atoms with Gasteiger partial charge in [0.15, 0.2) is 0 Å². The normalized spacial score (nSPS) is 17.8. The number of rotatable bonds is 8. The van der Waals surface area contributed by atoms with E-state index in [1.54, 1.807) is 0 Å². The van der Waals surface area contributed by atoms with E-state index in [4.69, 9.17) is 0 Å². The second-order valence-corrected chi connectivity index (χ2v) is 6.90. The standard InChI is InChI=1S/C17H36/c1-9-10-11-14(6)15(7)16(8)17(12(2)3)13(4)5/h12-17H,9-11H2,1-8H3. The van der Waals surface area contributed by atoms with Crippen LogP contribution < -0.4 is 0 Å². The zero-order valence-corrected chi connectivity index (χ0v) is 13.6. The smallest absolute Gasteiger partial charge is 0.0340 e. The number of hydrogen-bond acceptors (Lipinski definition) is 0. The third-order valence-corrected chi connectivity index (χ3v) is 4.89. The summed E-state index contributed by atoms with van der Waals surface area (Å²) in [5.74, 6) is 5.08. The van der Waals surface area contributed by atoms with E-state index >= 15 is 0 Å². The van der Waals surface area contributed by atoms with Gasteiger partial charge < -0.3 is 0 Å². The summed E-state index contributed by atoms with van der Waals surface area (Å²) in [4.78, 5) is 0. The van der Waals surface area contributed by atoms with Crippen LogP contribution in [0.1, 0.15) is 74.7 Å². The van der Waals surface area contributed by atoms with Crippen LogP contribution in [-0.4, -0.2) is 0 Å². The van der Waals surface area contributed by atoms with Crippen molar-refractivity contribution >= 4 is 0 Å². The molecule has 0 aromatic heterocycles. The third kappa shape index (κ3) is 5.44. The Morgan fingerprint density at radius 2 is 1.18 bits per heavy atom. The van der Waals surface area contributed by atoms with Crippen molar-refractivity contribution in [3.05, 3.63) is 0 Å². The second kappa shape index (κ2) is 8.16. The van der Waals surface area contributed by atoms with E-state index in [0.717, 1.165) is 35.5 Å². The summed E-state index contributed by atoms with van der Waals surface area (Å²) in [6, 6.07) is 0. The minimum Gasteiger partial charge on any atom is -0.0654 e. The van der Waals surface area contributed by atoms with Crippen LogP contribution in [0, 0.1) is 35.5 Å². The average Bonchev–Trinajstić information content (AvgIpc) is 2.23. The van der Waals surface area contributed by atoms with E-state index in [1.807, 2.05) is 0 Å². The van der Waals surface area contributed by atoms with Gasteiger partial charge in [0.1, 0.15) is 0 Å². The highest BCUT2D eigenvalue weighted by Gasteiger charge is 2.30. The van der Waals surface area contributed by atoms with Gasteiger partial charge in [0.25, 0.3) is 0 Å². The van der Waals surface area contributed by atoms with Gasteiger partial charge in [-0.2, -0.15) is 0 Å². The molecule has 0 saturated carbocycles. The molecule has 0 bridgehead atoms. The van der Waals surface area contributed by atoms with Gasteiger partial charge in [-0.15, -0.1) is 0 Å². The van der Waals surface area contributed by atoms with E-state index in [-0.39, 0.29) is 0 Å². The van der Waals surface area contributed by atoms with Gasteiger partial charge in [0.05, 0.1) is 0 Å². The van der Waals surface area contributed by atoms with Crippen molar-refractivity contribution in [1.82, 2.24) is 0 Å². The van der Waals surface area contributed by atoms with Crippen LogP contribution in [-0.2, 0) is 0 Å². The highest BCUT2D eigenvalue weighted by Crippen LogP contribution is 2.37. The first-order chi connectivity index (χ1) is 7.82. The molecule has 0 nitrogen and oxygen atoms in total. The molecule has 0 aromatic carbocycles. The maximum absolute atomic E-state index is 2.48. The summed E-state index contributed by atoms with van der Waals surface area (Å²) >= 11 is 0. The lowest BCUT2D eigenvalue weighted by molar-refractivity contribution is 0.118. The van der Waals surface area contributed by atoms with E-state index in [0.29, 0.717) is 0 Å². The zero-order chi connectivity index (χ0) is 13.6. The van der Waals surface area contributed by atoms with Crippen molar-refractivity contribution in [2.45, 2.75) is 74.7 Å². The fraction of sp³-hybridized carbons (Fsp3) is 1.00. The Morgan fingerprint density at radius 3 is 1.53 bits per heavy atom. The summed E-state index contributed by atoms with van der Waals surface area (Å²) in [5, 5.41) is 0. The third-order valence-electron chi connectivity index (χ3n) is 4.89. The molecule has 0 N–H and O–H groups in total. The van der Waals surface area contributed by atoms with Crippen molar-refractivity contribution < 1.29 is 0 Å². The Kier molecular flexibility index (Phi) is 8.16. The van der Waals surface area contributed by atoms with E-state index in [1.165, 1.54) is 19.3 Å². The average molecular weight is 240 g/mol. The highest BCUT2D eigenvalue weighted by atomic mass is 14.3. The number of hydrogen-bond donors (Lipinski definition) is 0. The molecule has 0 radical (unpaired) electrons. The first-order valence-electron chi connectivity index (χ1n) is 7.82. The summed E-state index contributed by atoms with van der Waals surface area (Å²) in [6.07, 6.45) is 4.14. The van der Waals surface area contributed by atoms with Crippen LogP contribution in [0.3, 0.4) is 0 Å². The molecule has 0 rings (SSSR count). The lowest BCUT2D eigenvalue weighted by Crippen LogP contribution is -2.30. The number of unbranched alkanes of at least 4 members (excludes halogenated alkanes) is 1. The van der Waals surface area contributed by atoms with Gasteiger partial charge in [-0.25, -0.2) is 0 Å². The molecule has 3 atom stereocenters. The van der Waals surface area contributed by atoms with Crippen molar-refractivity contribution in [3.8, 4) is 0 Å². The Balaban J connectivity index is 4.48. The fourth-order valence-electron chi connectivity index (χ4n) is 3.64. The topological polar surface area (TPSA) is 0 Å². The van der Waals surface area contributed by atoms with Crippen molar-refractivity contribution in [1.29, 1.82) is 0 Å². The first kappa shape index (κ1) is 17.0. The highest BCUT2D eigenvalue weighted by molar-refractivity contribution is 4.78. The van der Waals surface area contributed by atoms with Crippen LogP contribution in [0.5, 0.6) is 0 Å².